The van der Waals surface area contributed by atoms with Gasteiger partial charge in [0.15, 0.2) is 5.78 Å². The lowest BCUT2D eigenvalue weighted by atomic mass is 10.0. The molecule has 0 N–H and O–H groups in total. The van der Waals surface area contributed by atoms with Gasteiger partial charge in [-0.05, 0) is 35.9 Å². The molecule has 0 atom stereocenters. The maximum Gasteiger partial charge on any atom is 0.168 e. The molecule has 4 heteroatoms. The van der Waals surface area contributed by atoms with E-state index in [-0.39, 0.29) is 5.78 Å². The molecule has 0 aliphatic heterocycles. The van der Waals surface area contributed by atoms with Crippen molar-refractivity contribution in [2.24, 2.45) is 0 Å². The van der Waals surface area contributed by atoms with Crippen molar-refractivity contribution in [2.75, 3.05) is 14.2 Å². The zero-order chi connectivity index (χ0) is 14.5. The Bertz CT molecular complexity index is 623. The highest BCUT2D eigenvalue weighted by molar-refractivity contribution is 9.10. The molecule has 0 spiro atoms. The van der Waals surface area contributed by atoms with Crippen molar-refractivity contribution in [1.82, 2.24) is 0 Å². The molecule has 104 valence electrons. The van der Waals surface area contributed by atoms with Crippen molar-refractivity contribution in [1.29, 1.82) is 0 Å². The second-order valence-electron chi connectivity index (χ2n) is 4.30. The van der Waals surface area contributed by atoms with Gasteiger partial charge in [0.1, 0.15) is 11.5 Å². The van der Waals surface area contributed by atoms with Crippen LogP contribution in [-0.4, -0.2) is 20.0 Å². The number of benzene rings is 2. The van der Waals surface area contributed by atoms with E-state index in [4.69, 9.17) is 9.47 Å². The fourth-order valence-electron chi connectivity index (χ4n) is 1.91. The molecule has 0 aliphatic carbocycles. The van der Waals surface area contributed by atoms with Crippen LogP contribution in [-0.2, 0) is 6.42 Å². The average Bonchev–Trinajstić information content (AvgIpc) is 2.47. The van der Waals surface area contributed by atoms with Gasteiger partial charge in [0.2, 0.25) is 0 Å². The molecule has 2 aromatic carbocycles. The van der Waals surface area contributed by atoms with E-state index in [0.29, 0.717) is 17.7 Å². The lowest BCUT2D eigenvalue weighted by molar-refractivity contribution is 0.0992. The monoisotopic (exact) mass is 334 g/mol. The van der Waals surface area contributed by atoms with Gasteiger partial charge in [-0.15, -0.1) is 0 Å². The molecule has 0 radical (unpaired) electrons. The van der Waals surface area contributed by atoms with Crippen LogP contribution in [0.4, 0.5) is 0 Å². The third kappa shape index (κ3) is 3.39. The van der Waals surface area contributed by atoms with E-state index in [2.05, 4.69) is 15.9 Å². The largest absolute Gasteiger partial charge is 0.497 e. The normalized spacial score (nSPS) is 10.2. The first-order valence-corrected chi connectivity index (χ1v) is 6.93. The maximum absolute atomic E-state index is 12.4. The number of ketones is 1. The SMILES string of the molecule is COc1cccc(CC(=O)c2cc(OC)ccc2Br)c1. The van der Waals surface area contributed by atoms with Gasteiger partial charge in [-0.2, -0.15) is 0 Å². The van der Waals surface area contributed by atoms with Crippen molar-refractivity contribution in [2.45, 2.75) is 6.42 Å². The van der Waals surface area contributed by atoms with Crippen LogP contribution in [0.3, 0.4) is 0 Å². The van der Waals surface area contributed by atoms with E-state index in [9.17, 15) is 4.79 Å². The molecule has 0 saturated heterocycles. The van der Waals surface area contributed by atoms with Gasteiger partial charge in [0.05, 0.1) is 14.2 Å². The van der Waals surface area contributed by atoms with E-state index in [1.807, 2.05) is 36.4 Å². The molecule has 0 fully saturated rings. The second kappa shape index (κ2) is 6.57. The number of carbonyl (C=O) groups excluding carboxylic acids is 1. The quantitative estimate of drug-likeness (QED) is 0.778. The highest BCUT2D eigenvalue weighted by Crippen LogP contribution is 2.24. The van der Waals surface area contributed by atoms with E-state index in [1.165, 1.54) is 0 Å². The number of halogens is 1. The first-order valence-electron chi connectivity index (χ1n) is 6.13. The Hall–Kier alpha value is -1.81. The first kappa shape index (κ1) is 14.6. The van der Waals surface area contributed by atoms with Crippen LogP contribution in [0.25, 0.3) is 0 Å². The summed E-state index contributed by atoms with van der Waals surface area (Å²) in [5.41, 5.74) is 1.54. The van der Waals surface area contributed by atoms with Gasteiger partial charge >= 0.3 is 0 Å². The minimum atomic E-state index is 0.0315. The minimum Gasteiger partial charge on any atom is -0.497 e. The lowest BCUT2D eigenvalue weighted by Crippen LogP contribution is -2.05. The summed E-state index contributed by atoms with van der Waals surface area (Å²) in [6, 6.07) is 12.9. The number of hydrogen-bond donors (Lipinski definition) is 0. The Morgan fingerprint density at radius 2 is 1.75 bits per heavy atom. The molecule has 2 rings (SSSR count). The summed E-state index contributed by atoms with van der Waals surface area (Å²) in [5, 5.41) is 0. The average molecular weight is 335 g/mol. The summed E-state index contributed by atoms with van der Waals surface area (Å²) in [6.07, 6.45) is 0.322. The number of ether oxygens (including phenoxy) is 2. The first-order chi connectivity index (χ1) is 9.63. The third-order valence-electron chi connectivity index (χ3n) is 2.97. The molecule has 0 heterocycles. The third-order valence-corrected chi connectivity index (χ3v) is 3.66. The van der Waals surface area contributed by atoms with E-state index < -0.39 is 0 Å². The molecule has 0 aromatic heterocycles. The van der Waals surface area contributed by atoms with Crippen molar-refractivity contribution in [3.63, 3.8) is 0 Å². The molecular formula is C16H15BrO3. The van der Waals surface area contributed by atoms with Crippen LogP contribution < -0.4 is 9.47 Å². The summed E-state index contributed by atoms with van der Waals surface area (Å²) >= 11 is 3.40. The minimum absolute atomic E-state index is 0.0315. The molecule has 0 amide bonds. The van der Waals surface area contributed by atoms with Gasteiger partial charge in [-0.25, -0.2) is 0 Å². The molecular weight excluding hydrogens is 320 g/mol. The number of rotatable bonds is 5. The Kier molecular flexibility index (Phi) is 4.79. The Morgan fingerprint density at radius 1 is 1.05 bits per heavy atom. The number of Topliss-reactive ketones (excluding diaryl/α,β-unsaturated/α-hetero) is 1. The van der Waals surface area contributed by atoms with Gasteiger partial charge < -0.3 is 9.47 Å². The van der Waals surface area contributed by atoms with Crippen LogP contribution >= 0.6 is 15.9 Å². The van der Waals surface area contributed by atoms with Crippen LogP contribution in [0, 0.1) is 0 Å². The fourth-order valence-corrected chi connectivity index (χ4v) is 2.38. The van der Waals surface area contributed by atoms with Crippen LogP contribution in [0.2, 0.25) is 0 Å². The predicted molar refractivity (Wildman–Crippen MR) is 81.7 cm³/mol. The summed E-state index contributed by atoms with van der Waals surface area (Å²) in [5.74, 6) is 1.45. The maximum atomic E-state index is 12.4. The molecule has 0 unspecified atom stereocenters. The summed E-state index contributed by atoms with van der Waals surface area (Å²) in [4.78, 5) is 12.4. The van der Waals surface area contributed by atoms with Crippen molar-refractivity contribution >= 4 is 21.7 Å². The fraction of sp³-hybridized carbons (Fsp3) is 0.188. The van der Waals surface area contributed by atoms with E-state index in [1.54, 1.807) is 20.3 Å². The Morgan fingerprint density at radius 3 is 2.45 bits per heavy atom. The Labute approximate surface area is 126 Å². The highest BCUT2D eigenvalue weighted by Gasteiger charge is 2.12. The predicted octanol–water partition coefficient (Wildman–Crippen LogP) is 3.89. The smallest absolute Gasteiger partial charge is 0.168 e. The molecule has 0 aliphatic rings. The summed E-state index contributed by atoms with van der Waals surface area (Å²) in [6.45, 7) is 0. The lowest BCUT2D eigenvalue weighted by Gasteiger charge is -2.07. The molecule has 0 bridgehead atoms. The van der Waals surface area contributed by atoms with Crippen molar-refractivity contribution in [3.05, 3.63) is 58.1 Å². The van der Waals surface area contributed by atoms with Crippen molar-refractivity contribution < 1.29 is 14.3 Å². The Balaban J connectivity index is 2.23. The number of carbonyl (C=O) groups is 1. The van der Waals surface area contributed by atoms with Crippen LogP contribution in [0.5, 0.6) is 11.5 Å². The van der Waals surface area contributed by atoms with Gasteiger partial charge in [0, 0.05) is 16.5 Å². The van der Waals surface area contributed by atoms with E-state index in [0.717, 1.165) is 15.8 Å². The van der Waals surface area contributed by atoms with E-state index >= 15 is 0 Å². The standard InChI is InChI=1S/C16H15BrO3/c1-19-12-5-3-4-11(8-12)9-16(18)14-10-13(20-2)6-7-15(14)17/h3-8,10H,9H2,1-2H3. The van der Waals surface area contributed by atoms with Gasteiger partial charge in [0.25, 0.3) is 0 Å². The second-order valence-corrected chi connectivity index (χ2v) is 5.15. The van der Waals surface area contributed by atoms with Gasteiger partial charge in [-0.1, -0.05) is 28.1 Å². The van der Waals surface area contributed by atoms with Gasteiger partial charge in [-0.3, -0.25) is 4.79 Å². The molecule has 2 aromatic rings. The highest BCUT2D eigenvalue weighted by atomic mass is 79.9. The zero-order valence-corrected chi connectivity index (χ0v) is 12.9. The summed E-state index contributed by atoms with van der Waals surface area (Å²) < 4.78 is 11.1. The molecule has 0 saturated carbocycles. The van der Waals surface area contributed by atoms with Crippen molar-refractivity contribution in [3.8, 4) is 11.5 Å². The molecule has 20 heavy (non-hydrogen) atoms. The number of methoxy groups -OCH3 is 2. The number of hydrogen-bond acceptors (Lipinski definition) is 3. The zero-order valence-electron chi connectivity index (χ0n) is 11.4. The van der Waals surface area contributed by atoms with Crippen LogP contribution in [0.1, 0.15) is 15.9 Å². The summed E-state index contributed by atoms with van der Waals surface area (Å²) in [7, 11) is 3.19. The van der Waals surface area contributed by atoms with Crippen LogP contribution in [0.15, 0.2) is 46.9 Å². The topological polar surface area (TPSA) is 35.5 Å². The molecule has 3 nitrogen and oxygen atoms in total.